The lowest BCUT2D eigenvalue weighted by Gasteiger charge is -2.31. The maximum atomic E-state index is 13.2. The van der Waals surface area contributed by atoms with E-state index < -0.39 is 0 Å². The molecule has 1 fully saturated rings. The van der Waals surface area contributed by atoms with Crippen molar-refractivity contribution in [2.45, 2.75) is 6.04 Å². The van der Waals surface area contributed by atoms with Crippen molar-refractivity contribution in [1.82, 2.24) is 10.2 Å². The predicted molar refractivity (Wildman–Crippen MR) is 61.2 cm³/mol. The van der Waals surface area contributed by atoms with Crippen molar-refractivity contribution < 1.29 is 9.13 Å². The molecule has 0 spiro atoms. The number of likely N-dealkylation sites (N-methyl/N-ethyl adjacent to an activating group) is 1. The molecular formula is C12H17FN2O. The van der Waals surface area contributed by atoms with Crippen molar-refractivity contribution >= 4 is 0 Å². The van der Waals surface area contributed by atoms with E-state index in [1.807, 2.05) is 0 Å². The van der Waals surface area contributed by atoms with Crippen LogP contribution in [-0.2, 0) is 0 Å². The third-order valence-corrected chi connectivity index (χ3v) is 2.95. The number of nitrogens with zero attached hydrogens (tertiary/aromatic N) is 1. The molecule has 0 aliphatic carbocycles. The number of rotatable bonds is 2. The second kappa shape index (κ2) is 4.80. The minimum Gasteiger partial charge on any atom is -0.496 e. The van der Waals surface area contributed by atoms with Crippen LogP contribution in [0.4, 0.5) is 4.39 Å². The van der Waals surface area contributed by atoms with Crippen LogP contribution < -0.4 is 10.1 Å². The number of nitrogens with one attached hydrogen (secondary N) is 1. The fourth-order valence-corrected chi connectivity index (χ4v) is 2.08. The molecule has 1 aliphatic rings. The summed E-state index contributed by atoms with van der Waals surface area (Å²) in [5.41, 5.74) is 0.897. The molecule has 4 heteroatoms. The van der Waals surface area contributed by atoms with Gasteiger partial charge in [-0.1, -0.05) is 0 Å². The first kappa shape index (κ1) is 11.4. The van der Waals surface area contributed by atoms with Crippen molar-refractivity contribution in [1.29, 1.82) is 0 Å². The number of piperazine rings is 1. The van der Waals surface area contributed by atoms with Gasteiger partial charge in [0.2, 0.25) is 0 Å². The van der Waals surface area contributed by atoms with Gasteiger partial charge >= 0.3 is 0 Å². The van der Waals surface area contributed by atoms with Gasteiger partial charge in [-0.3, -0.25) is 0 Å². The van der Waals surface area contributed by atoms with Crippen molar-refractivity contribution in [3.8, 4) is 5.75 Å². The largest absolute Gasteiger partial charge is 0.496 e. The quantitative estimate of drug-likeness (QED) is 0.822. The molecular weight excluding hydrogens is 207 g/mol. The van der Waals surface area contributed by atoms with Gasteiger partial charge in [-0.2, -0.15) is 0 Å². The highest BCUT2D eigenvalue weighted by Gasteiger charge is 2.21. The minimum atomic E-state index is -0.217. The summed E-state index contributed by atoms with van der Waals surface area (Å²) in [5, 5.41) is 3.38. The van der Waals surface area contributed by atoms with E-state index >= 15 is 0 Å². The lowest BCUT2D eigenvalue weighted by molar-refractivity contribution is 0.237. The molecule has 16 heavy (non-hydrogen) atoms. The number of methoxy groups -OCH3 is 1. The maximum absolute atomic E-state index is 13.2. The fourth-order valence-electron chi connectivity index (χ4n) is 2.08. The summed E-state index contributed by atoms with van der Waals surface area (Å²) in [4.78, 5) is 2.23. The molecule has 1 atom stereocenters. The van der Waals surface area contributed by atoms with Crippen molar-refractivity contribution in [3.63, 3.8) is 0 Å². The summed E-state index contributed by atoms with van der Waals surface area (Å²) < 4.78 is 18.5. The monoisotopic (exact) mass is 224 g/mol. The molecule has 1 heterocycles. The van der Waals surface area contributed by atoms with Crippen molar-refractivity contribution in [2.24, 2.45) is 0 Å². The Morgan fingerprint density at radius 3 is 3.00 bits per heavy atom. The van der Waals surface area contributed by atoms with Crippen LogP contribution in [0.3, 0.4) is 0 Å². The highest BCUT2D eigenvalue weighted by molar-refractivity contribution is 5.37. The van der Waals surface area contributed by atoms with Gasteiger partial charge in [0, 0.05) is 31.2 Å². The van der Waals surface area contributed by atoms with E-state index in [-0.39, 0.29) is 11.9 Å². The molecule has 1 aromatic carbocycles. The zero-order chi connectivity index (χ0) is 11.5. The predicted octanol–water partition coefficient (Wildman–Crippen LogP) is 1.41. The molecule has 1 aliphatic heterocycles. The van der Waals surface area contributed by atoms with E-state index in [0.717, 1.165) is 30.9 Å². The molecule has 0 aromatic heterocycles. The summed E-state index contributed by atoms with van der Waals surface area (Å²) >= 11 is 0. The highest BCUT2D eigenvalue weighted by Crippen LogP contribution is 2.27. The normalized spacial score (nSPS) is 22.1. The van der Waals surface area contributed by atoms with E-state index in [1.54, 1.807) is 19.2 Å². The third-order valence-electron chi connectivity index (χ3n) is 2.95. The Morgan fingerprint density at radius 1 is 1.50 bits per heavy atom. The number of hydrogen-bond acceptors (Lipinski definition) is 3. The Kier molecular flexibility index (Phi) is 3.41. The van der Waals surface area contributed by atoms with Gasteiger partial charge in [0.25, 0.3) is 0 Å². The van der Waals surface area contributed by atoms with Crippen LogP contribution in [0.1, 0.15) is 11.6 Å². The Bertz CT molecular complexity index is 370. The van der Waals surface area contributed by atoms with Crippen LogP contribution >= 0.6 is 0 Å². The smallest absolute Gasteiger partial charge is 0.123 e. The van der Waals surface area contributed by atoms with Gasteiger partial charge < -0.3 is 15.0 Å². The van der Waals surface area contributed by atoms with E-state index in [0.29, 0.717) is 0 Å². The molecule has 88 valence electrons. The minimum absolute atomic E-state index is 0.143. The molecule has 1 N–H and O–H groups in total. The standard InChI is InChI=1S/C12H17FN2O/c1-15-6-5-14-11(8-15)10-7-9(13)3-4-12(10)16-2/h3-4,7,11,14H,5-6,8H2,1-2H3. The lowest BCUT2D eigenvalue weighted by atomic mass is 10.0. The maximum Gasteiger partial charge on any atom is 0.123 e. The SMILES string of the molecule is COc1ccc(F)cc1C1CN(C)CCN1. The van der Waals surface area contributed by atoms with Gasteiger partial charge in [-0.05, 0) is 25.2 Å². The number of halogens is 1. The third kappa shape index (κ3) is 2.33. The first-order valence-corrected chi connectivity index (χ1v) is 5.46. The molecule has 0 radical (unpaired) electrons. The van der Waals surface area contributed by atoms with Gasteiger partial charge in [0.1, 0.15) is 11.6 Å². The van der Waals surface area contributed by atoms with Crippen LogP contribution in [0.15, 0.2) is 18.2 Å². The zero-order valence-electron chi connectivity index (χ0n) is 9.66. The fraction of sp³-hybridized carbons (Fsp3) is 0.500. The van der Waals surface area contributed by atoms with E-state index in [2.05, 4.69) is 17.3 Å². The Hall–Kier alpha value is -1.13. The second-order valence-electron chi connectivity index (χ2n) is 4.16. The van der Waals surface area contributed by atoms with Gasteiger partial charge in [0.05, 0.1) is 7.11 Å². The second-order valence-corrected chi connectivity index (χ2v) is 4.16. The number of benzene rings is 1. The summed E-state index contributed by atoms with van der Waals surface area (Å²) in [6, 6.07) is 4.80. The molecule has 0 saturated carbocycles. The highest BCUT2D eigenvalue weighted by atomic mass is 19.1. The summed E-state index contributed by atoms with van der Waals surface area (Å²) in [6.45, 7) is 2.81. The molecule has 0 amide bonds. The molecule has 0 bridgehead atoms. The summed E-state index contributed by atoms with van der Waals surface area (Å²) in [6.07, 6.45) is 0. The van der Waals surface area contributed by atoms with Crippen LogP contribution in [0, 0.1) is 5.82 Å². The number of hydrogen-bond donors (Lipinski definition) is 1. The van der Waals surface area contributed by atoms with Crippen LogP contribution in [0.25, 0.3) is 0 Å². The molecule has 3 nitrogen and oxygen atoms in total. The summed E-state index contributed by atoms with van der Waals surface area (Å²) in [7, 11) is 3.68. The molecule has 2 rings (SSSR count). The lowest BCUT2D eigenvalue weighted by Crippen LogP contribution is -2.43. The first-order chi connectivity index (χ1) is 7.70. The van der Waals surface area contributed by atoms with Crippen molar-refractivity contribution in [3.05, 3.63) is 29.6 Å². The van der Waals surface area contributed by atoms with Gasteiger partial charge in [-0.25, -0.2) is 4.39 Å². The van der Waals surface area contributed by atoms with Crippen LogP contribution in [0.5, 0.6) is 5.75 Å². The first-order valence-electron chi connectivity index (χ1n) is 5.46. The van der Waals surface area contributed by atoms with Gasteiger partial charge in [0.15, 0.2) is 0 Å². The van der Waals surface area contributed by atoms with E-state index in [1.165, 1.54) is 6.07 Å². The average Bonchev–Trinajstić information content (AvgIpc) is 2.29. The number of ether oxygens (including phenoxy) is 1. The van der Waals surface area contributed by atoms with E-state index in [4.69, 9.17) is 4.74 Å². The zero-order valence-corrected chi connectivity index (χ0v) is 9.66. The molecule has 1 aromatic rings. The Labute approximate surface area is 95.2 Å². The molecule has 1 unspecified atom stereocenters. The van der Waals surface area contributed by atoms with Crippen LogP contribution in [-0.4, -0.2) is 38.7 Å². The summed E-state index contributed by atoms with van der Waals surface area (Å²) in [5.74, 6) is 0.528. The molecule has 1 saturated heterocycles. The van der Waals surface area contributed by atoms with Crippen molar-refractivity contribution in [2.75, 3.05) is 33.8 Å². The Morgan fingerprint density at radius 2 is 2.31 bits per heavy atom. The average molecular weight is 224 g/mol. The van der Waals surface area contributed by atoms with Crippen LogP contribution in [0.2, 0.25) is 0 Å². The topological polar surface area (TPSA) is 24.5 Å². The van der Waals surface area contributed by atoms with E-state index in [9.17, 15) is 4.39 Å². The Balaban J connectivity index is 2.26. The van der Waals surface area contributed by atoms with Gasteiger partial charge in [-0.15, -0.1) is 0 Å².